The summed E-state index contributed by atoms with van der Waals surface area (Å²) in [6, 6.07) is 28.4. The fourth-order valence-corrected chi connectivity index (χ4v) is 6.33. The number of hydrogen-bond acceptors (Lipinski definition) is 4. The number of rotatable bonds is 8. The van der Waals surface area contributed by atoms with Crippen LogP contribution in [0.2, 0.25) is 0 Å². The molecule has 2 aliphatic heterocycles. The van der Waals surface area contributed by atoms with Gasteiger partial charge in [0, 0.05) is 30.5 Å². The van der Waals surface area contributed by atoms with Crippen LogP contribution in [-0.4, -0.2) is 77.4 Å². The smallest absolute Gasteiger partial charge is 0.270 e. The van der Waals surface area contributed by atoms with Crippen molar-refractivity contribution in [1.82, 2.24) is 19.7 Å². The summed E-state index contributed by atoms with van der Waals surface area (Å²) >= 11 is 0. The molecule has 1 aromatic heterocycles. The van der Waals surface area contributed by atoms with E-state index in [9.17, 15) is 9.59 Å². The summed E-state index contributed by atoms with van der Waals surface area (Å²) < 4.78 is 5.34. The maximum atomic E-state index is 13.7. The summed E-state index contributed by atoms with van der Waals surface area (Å²) in [7, 11) is 1.63. The topological polar surface area (TPSA) is 68.9 Å². The number of ether oxygens (including phenoxy) is 1. The van der Waals surface area contributed by atoms with Gasteiger partial charge in [-0.2, -0.15) is 0 Å². The van der Waals surface area contributed by atoms with Gasteiger partial charge in [-0.1, -0.05) is 60.7 Å². The van der Waals surface area contributed by atoms with Crippen LogP contribution in [-0.2, 0) is 17.8 Å². The van der Waals surface area contributed by atoms with Crippen LogP contribution in [0, 0.1) is 5.92 Å². The molecule has 0 bridgehead atoms. The molecule has 3 heterocycles. The van der Waals surface area contributed by atoms with Gasteiger partial charge in [-0.05, 0) is 73.7 Å². The Hall–Kier alpha value is -4.10. The lowest BCUT2D eigenvalue weighted by molar-refractivity contribution is -0.140. The van der Waals surface area contributed by atoms with Crippen molar-refractivity contribution in [3.8, 4) is 5.75 Å². The minimum Gasteiger partial charge on any atom is -0.497 e. The molecule has 7 heteroatoms. The van der Waals surface area contributed by atoms with Gasteiger partial charge in [0.1, 0.15) is 18.0 Å². The first-order valence-corrected chi connectivity index (χ1v) is 14.6. The van der Waals surface area contributed by atoms with Crippen LogP contribution in [0.3, 0.4) is 0 Å². The lowest BCUT2D eigenvalue weighted by Gasteiger charge is -2.44. The molecule has 2 aliphatic rings. The third kappa shape index (κ3) is 6.30. The molecule has 1 atom stereocenters. The van der Waals surface area contributed by atoms with Crippen molar-refractivity contribution in [2.24, 2.45) is 5.92 Å². The maximum Gasteiger partial charge on any atom is 0.270 e. The fraction of sp³-hybridized carbons (Fsp3) is 0.353. The number of piperidine rings is 1. The number of nitrogens with one attached hydrogen (secondary N) is 1. The summed E-state index contributed by atoms with van der Waals surface area (Å²) in [5, 5.41) is 0.914. The molecule has 212 valence electrons. The zero-order chi connectivity index (χ0) is 28.2. The number of hydrogen-bond donors (Lipinski definition) is 1. The Labute approximate surface area is 241 Å². The number of amides is 2. The number of methoxy groups -OCH3 is 1. The average molecular weight is 551 g/mol. The van der Waals surface area contributed by atoms with Gasteiger partial charge in [0.15, 0.2) is 0 Å². The van der Waals surface area contributed by atoms with Crippen LogP contribution in [0.5, 0.6) is 5.75 Å². The molecular weight excluding hydrogens is 512 g/mol. The highest BCUT2D eigenvalue weighted by Crippen LogP contribution is 2.26. The molecule has 0 spiro atoms. The second-order valence-electron chi connectivity index (χ2n) is 11.4. The number of fused-ring (bicyclic) bond motifs is 1. The Morgan fingerprint density at radius 2 is 1.63 bits per heavy atom. The monoisotopic (exact) mass is 550 g/mol. The van der Waals surface area contributed by atoms with Crippen molar-refractivity contribution >= 4 is 22.7 Å². The highest BCUT2D eigenvalue weighted by molar-refractivity contribution is 6.00. The van der Waals surface area contributed by atoms with Gasteiger partial charge in [-0.25, -0.2) is 0 Å². The quantitative estimate of drug-likeness (QED) is 0.336. The number of likely N-dealkylation sites (tertiary alicyclic amines) is 1. The van der Waals surface area contributed by atoms with Gasteiger partial charge in [0.25, 0.3) is 5.91 Å². The van der Waals surface area contributed by atoms with E-state index >= 15 is 0 Å². The number of aromatic nitrogens is 1. The van der Waals surface area contributed by atoms with Gasteiger partial charge >= 0.3 is 0 Å². The van der Waals surface area contributed by atoms with E-state index in [0.717, 1.165) is 61.1 Å². The summed E-state index contributed by atoms with van der Waals surface area (Å²) in [6.07, 6.45) is 3.42. The highest BCUT2D eigenvalue weighted by Gasteiger charge is 2.37. The molecule has 7 nitrogen and oxygen atoms in total. The molecule has 2 amide bonds. The van der Waals surface area contributed by atoms with Crippen LogP contribution < -0.4 is 4.74 Å². The minimum atomic E-state index is -0.139. The molecule has 2 fully saturated rings. The van der Waals surface area contributed by atoms with Gasteiger partial charge < -0.3 is 24.4 Å². The molecule has 41 heavy (non-hydrogen) atoms. The molecule has 6 rings (SSSR count). The molecule has 0 aliphatic carbocycles. The number of carbonyl (C=O) groups is 2. The Morgan fingerprint density at radius 1 is 0.927 bits per heavy atom. The Morgan fingerprint density at radius 3 is 2.34 bits per heavy atom. The van der Waals surface area contributed by atoms with E-state index in [0.29, 0.717) is 24.7 Å². The van der Waals surface area contributed by atoms with Crippen molar-refractivity contribution in [2.45, 2.75) is 31.8 Å². The molecule has 0 radical (unpaired) electrons. The van der Waals surface area contributed by atoms with Crippen molar-refractivity contribution in [2.75, 3.05) is 39.8 Å². The van der Waals surface area contributed by atoms with E-state index in [2.05, 4.69) is 52.3 Å². The van der Waals surface area contributed by atoms with Crippen LogP contribution in [0.25, 0.3) is 10.9 Å². The predicted molar refractivity (Wildman–Crippen MR) is 161 cm³/mol. The Bertz CT molecular complexity index is 1480. The van der Waals surface area contributed by atoms with Gasteiger partial charge in [0.2, 0.25) is 5.91 Å². The molecule has 0 unspecified atom stereocenters. The number of piperazine rings is 1. The molecular formula is C34H38N4O3. The number of nitrogens with zero attached hydrogens (tertiary/aromatic N) is 3. The Kier molecular flexibility index (Phi) is 8.05. The van der Waals surface area contributed by atoms with Crippen LogP contribution in [0.1, 0.15) is 34.5 Å². The van der Waals surface area contributed by atoms with Crippen LogP contribution in [0.4, 0.5) is 0 Å². The normalized spacial score (nSPS) is 18.7. The Balaban J connectivity index is 1.16. The van der Waals surface area contributed by atoms with Crippen molar-refractivity contribution in [3.63, 3.8) is 0 Å². The zero-order valence-corrected chi connectivity index (χ0v) is 23.7. The molecule has 2 saturated heterocycles. The van der Waals surface area contributed by atoms with E-state index in [1.54, 1.807) is 12.0 Å². The molecule has 3 aromatic carbocycles. The number of benzene rings is 3. The molecule has 1 N–H and O–H groups in total. The molecule has 4 aromatic rings. The van der Waals surface area contributed by atoms with Gasteiger partial charge in [0.05, 0.1) is 13.2 Å². The van der Waals surface area contributed by atoms with E-state index in [4.69, 9.17) is 4.74 Å². The first kappa shape index (κ1) is 27.1. The van der Waals surface area contributed by atoms with Crippen LogP contribution in [0.15, 0.2) is 84.9 Å². The minimum absolute atomic E-state index is 0.00445. The third-order valence-electron chi connectivity index (χ3n) is 8.60. The summed E-state index contributed by atoms with van der Waals surface area (Å²) in [5.74, 6) is 1.28. The van der Waals surface area contributed by atoms with Crippen molar-refractivity contribution in [1.29, 1.82) is 0 Å². The van der Waals surface area contributed by atoms with Gasteiger partial charge in [-0.15, -0.1) is 0 Å². The highest BCUT2D eigenvalue weighted by atomic mass is 16.5. The van der Waals surface area contributed by atoms with E-state index in [-0.39, 0.29) is 24.4 Å². The number of carbonyl (C=O) groups excluding carboxylic acids is 2. The fourth-order valence-electron chi connectivity index (χ4n) is 6.33. The van der Waals surface area contributed by atoms with E-state index < -0.39 is 0 Å². The standard InChI is InChI=1S/C34H38N4O3/c1-41-30-12-13-31-28(19-30)20-32(35-31)34(40)37-23-29(38(33(39)24-37)21-27-10-6-3-7-11-27)22-36-16-14-26(15-17-36)18-25-8-4-2-5-9-25/h2-13,19-20,26,29,35H,14-18,21-24H2,1H3/t29-/m0/s1. The lowest BCUT2D eigenvalue weighted by Crippen LogP contribution is -2.60. The summed E-state index contributed by atoms with van der Waals surface area (Å²) in [6.45, 7) is 3.95. The number of H-pyrrole nitrogens is 1. The largest absolute Gasteiger partial charge is 0.497 e. The summed E-state index contributed by atoms with van der Waals surface area (Å²) in [4.78, 5) is 36.7. The maximum absolute atomic E-state index is 13.7. The lowest BCUT2D eigenvalue weighted by atomic mass is 9.90. The van der Waals surface area contributed by atoms with Crippen molar-refractivity contribution < 1.29 is 14.3 Å². The zero-order valence-electron chi connectivity index (χ0n) is 23.7. The molecule has 0 saturated carbocycles. The second kappa shape index (κ2) is 12.2. The predicted octanol–water partition coefficient (Wildman–Crippen LogP) is 4.98. The SMILES string of the molecule is COc1ccc2[nH]c(C(=O)N3CC(=O)N(Cc4ccccc4)[C@@H](CN4CCC(Cc5ccccc5)CC4)C3)cc2c1. The number of aromatic amines is 1. The van der Waals surface area contributed by atoms with E-state index in [1.165, 1.54) is 5.56 Å². The second-order valence-corrected chi connectivity index (χ2v) is 11.4. The average Bonchev–Trinajstić information content (AvgIpc) is 3.44. The van der Waals surface area contributed by atoms with Crippen LogP contribution >= 0.6 is 0 Å². The van der Waals surface area contributed by atoms with Gasteiger partial charge in [-0.3, -0.25) is 9.59 Å². The van der Waals surface area contributed by atoms with E-state index in [1.807, 2.05) is 47.4 Å². The third-order valence-corrected chi connectivity index (χ3v) is 8.60. The first-order chi connectivity index (χ1) is 20.1. The first-order valence-electron chi connectivity index (χ1n) is 14.6. The summed E-state index contributed by atoms with van der Waals surface area (Å²) in [5.41, 5.74) is 3.88. The van der Waals surface area contributed by atoms with Crippen molar-refractivity contribution in [3.05, 3.63) is 102 Å².